The van der Waals surface area contributed by atoms with Crippen molar-refractivity contribution in [3.63, 3.8) is 0 Å². The van der Waals surface area contributed by atoms with Crippen LogP contribution in [0.25, 0.3) is 5.69 Å². The zero-order valence-electron chi connectivity index (χ0n) is 12.6. The lowest BCUT2D eigenvalue weighted by Gasteiger charge is -2.27. The highest BCUT2D eigenvalue weighted by Gasteiger charge is 2.34. The first-order valence-corrected chi connectivity index (χ1v) is 7.77. The first-order chi connectivity index (χ1) is 10.2. The fourth-order valence-corrected chi connectivity index (χ4v) is 3.18. The van der Waals surface area contributed by atoms with Crippen LogP contribution in [0.4, 0.5) is 0 Å². The Morgan fingerprint density at radius 2 is 1.95 bits per heavy atom. The van der Waals surface area contributed by atoms with Crippen LogP contribution in [0.5, 0.6) is 0 Å². The van der Waals surface area contributed by atoms with Crippen LogP contribution in [0.3, 0.4) is 0 Å². The van der Waals surface area contributed by atoms with Gasteiger partial charge in [-0.05, 0) is 50.6 Å². The number of likely N-dealkylation sites (tertiary alicyclic amines) is 1. The minimum Gasteiger partial charge on any atom is -0.384 e. The Kier molecular flexibility index (Phi) is 4.08. The highest BCUT2D eigenvalue weighted by molar-refractivity contribution is 5.34. The molecule has 112 valence electrons. The topological polar surface area (TPSA) is 41.3 Å². The molecular weight excluding hydrogens is 262 g/mol. The molecule has 1 aromatic heterocycles. The first-order valence-electron chi connectivity index (χ1n) is 7.77. The molecule has 1 aromatic carbocycles. The van der Waals surface area contributed by atoms with Crippen LogP contribution < -0.4 is 0 Å². The molecule has 0 radical (unpaired) electrons. The average molecular weight is 285 g/mol. The molecule has 0 saturated carbocycles. The molecule has 4 nitrogen and oxygen atoms in total. The van der Waals surface area contributed by atoms with Crippen molar-refractivity contribution in [1.82, 2.24) is 14.7 Å². The van der Waals surface area contributed by atoms with Gasteiger partial charge in [0, 0.05) is 12.7 Å². The SMILES string of the molecule is CCN1CCCC(O)(c2ccnn2-c2ccccc2)CC1. The fourth-order valence-electron chi connectivity index (χ4n) is 3.18. The van der Waals surface area contributed by atoms with Crippen molar-refractivity contribution >= 4 is 0 Å². The second kappa shape index (κ2) is 6.00. The van der Waals surface area contributed by atoms with Crippen LogP contribution in [0.1, 0.15) is 31.9 Å². The van der Waals surface area contributed by atoms with Gasteiger partial charge in [-0.2, -0.15) is 5.10 Å². The Morgan fingerprint density at radius 1 is 1.14 bits per heavy atom. The lowest BCUT2D eigenvalue weighted by Crippen LogP contribution is -2.31. The van der Waals surface area contributed by atoms with Gasteiger partial charge in [-0.3, -0.25) is 0 Å². The zero-order valence-corrected chi connectivity index (χ0v) is 12.6. The third-order valence-electron chi connectivity index (χ3n) is 4.47. The molecule has 3 rings (SSSR count). The van der Waals surface area contributed by atoms with E-state index >= 15 is 0 Å². The molecule has 21 heavy (non-hydrogen) atoms. The molecule has 1 saturated heterocycles. The van der Waals surface area contributed by atoms with Gasteiger partial charge in [0.2, 0.25) is 0 Å². The number of rotatable bonds is 3. The number of aromatic nitrogens is 2. The molecule has 0 spiro atoms. The van der Waals surface area contributed by atoms with E-state index in [4.69, 9.17) is 0 Å². The van der Waals surface area contributed by atoms with Gasteiger partial charge >= 0.3 is 0 Å². The normalized spacial score (nSPS) is 23.9. The summed E-state index contributed by atoms with van der Waals surface area (Å²) >= 11 is 0. The quantitative estimate of drug-likeness (QED) is 0.942. The molecule has 1 aliphatic rings. The summed E-state index contributed by atoms with van der Waals surface area (Å²) in [5, 5.41) is 15.6. The maximum absolute atomic E-state index is 11.2. The predicted octanol–water partition coefficient (Wildman–Crippen LogP) is 2.57. The maximum atomic E-state index is 11.2. The molecule has 1 N–H and O–H groups in total. The number of hydrogen-bond donors (Lipinski definition) is 1. The number of benzene rings is 1. The standard InChI is InChI=1S/C17H23N3O/c1-2-19-13-6-10-17(21,11-14-19)16-9-12-18-20(16)15-7-4-3-5-8-15/h3-5,7-9,12,21H,2,6,10-11,13-14H2,1H3. The van der Waals surface area contributed by atoms with Crippen LogP contribution in [0.2, 0.25) is 0 Å². The lowest BCUT2D eigenvalue weighted by atomic mass is 9.91. The lowest BCUT2D eigenvalue weighted by molar-refractivity contribution is 0.0148. The number of nitrogens with zero attached hydrogens (tertiary/aromatic N) is 3. The minimum absolute atomic E-state index is 0.763. The predicted molar refractivity (Wildman–Crippen MR) is 83.4 cm³/mol. The molecule has 2 aromatic rings. The van der Waals surface area contributed by atoms with Crippen molar-refractivity contribution in [3.05, 3.63) is 48.3 Å². The van der Waals surface area contributed by atoms with Crippen LogP contribution >= 0.6 is 0 Å². The maximum Gasteiger partial charge on any atom is 0.108 e. The molecule has 1 aliphatic heterocycles. The van der Waals surface area contributed by atoms with Crippen LogP contribution in [0.15, 0.2) is 42.6 Å². The number of aliphatic hydroxyl groups is 1. The highest BCUT2D eigenvalue weighted by Crippen LogP contribution is 2.33. The monoisotopic (exact) mass is 285 g/mol. The van der Waals surface area contributed by atoms with Crippen molar-refractivity contribution in [2.24, 2.45) is 0 Å². The van der Waals surface area contributed by atoms with Gasteiger partial charge in [0.05, 0.1) is 11.4 Å². The summed E-state index contributed by atoms with van der Waals surface area (Å²) in [6.07, 6.45) is 4.36. The molecule has 0 aliphatic carbocycles. The van der Waals surface area contributed by atoms with Crippen LogP contribution in [-0.4, -0.2) is 39.4 Å². The molecule has 0 bridgehead atoms. The van der Waals surface area contributed by atoms with E-state index in [1.165, 1.54) is 0 Å². The zero-order chi connectivity index (χ0) is 14.7. The summed E-state index contributed by atoms with van der Waals surface area (Å²) < 4.78 is 1.88. The van der Waals surface area contributed by atoms with Gasteiger partial charge in [0.1, 0.15) is 5.60 Å². The third kappa shape index (κ3) is 2.87. The second-order valence-electron chi connectivity index (χ2n) is 5.78. The van der Waals surface area contributed by atoms with Gasteiger partial charge < -0.3 is 10.0 Å². The largest absolute Gasteiger partial charge is 0.384 e. The minimum atomic E-state index is -0.781. The van der Waals surface area contributed by atoms with E-state index in [0.717, 1.165) is 50.3 Å². The fraction of sp³-hybridized carbons (Fsp3) is 0.471. The summed E-state index contributed by atoms with van der Waals surface area (Å²) in [4.78, 5) is 2.40. The molecule has 1 unspecified atom stereocenters. The third-order valence-corrected chi connectivity index (χ3v) is 4.47. The van der Waals surface area contributed by atoms with Crippen molar-refractivity contribution in [1.29, 1.82) is 0 Å². The Morgan fingerprint density at radius 3 is 2.71 bits per heavy atom. The van der Waals surface area contributed by atoms with Gasteiger partial charge in [-0.25, -0.2) is 4.68 Å². The van der Waals surface area contributed by atoms with Gasteiger partial charge in [-0.15, -0.1) is 0 Å². The molecule has 2 heterocycles. The summed E-state index contributed by atoms with van der Waals surface area (Å²) in [5.74, 6) is 0. The van der Waals surface area contributed by atoms with E-state index in [9.17, 15) is 5.11 Å². The van der Waals surface area contributed by atoms with E-state index in [1.807, 2.05) is 41.1 Å². The van der Waals surface area contributed by atoms with Crippen molar-refractivity contribution in [3.8, 4) is 5.69 Å². The first kappa shape index (κ1) is 14.3. The molecule has 0 amide bonds. The van der Waals surface area contributed by atoms with E-state index in [0.29, 0.717) is 0 Å². The van der Waals surface area contributed by atoms with Crippen molar-refractivity contribution in [2.45, 2.75) is 31.8 Å². The number of para-hydroxylation sites is 1. The molecule has 1 atom stereocenters. The second-order valence-corrected chi connectivity index (χ2v) is 5.78. The Labute approximate surface area is 126 Å². The summed E-state index contributed by atoms with van der Waals surface area (Å²) in [5.41, 5.74) is 1.13. The smallest absolute Gasteiger partial charge is 0.108 e. The number of hydrogen-bond acceptors (Lipinski definition) is 3. The van der Waals surface area contributed by atoms with Gasteiger partial charge in [0.25, 0.3) is 0 Å². The molecule has 1 fully saturated rings. The van der Waals surface area contributed by atoms with Gasteiger partial charge in [0.15, 0.2) is 0 Å². The van der Waals surface area contributed by atoms with Crippen LogP contribution in [0, 0.1) is 0 Å². The van der Waals surface area contributed by atoms with Crippen molar-refractivity contribution < 1.29 is 5.11 Å². The van der Waals surface area contributed by atoms with E-state index in [1.54, 1.807) is 6.20 Å². The Hall–Kier alpha value is -1.65. The Bertz CT molecular complexity index is 581. The van der Waals surface area contributed by atoms with E-state index in [-0.39, 0.29) is 0 Å². The van der Waals surface area contributed by atoms with Gasteiger partial charge in [-0.1, -0.05) is 25.1 Å². The average Bonchev–Trinajstić information content (AvgIpc) is 2.94. The highest BCUT2D eigenvalue weighted by atomic mass is 16.3. The van der Waals surface area contributed by atoms with E-state index < -0.39 is 5.60 Å². The van der Waals surface area contributed by atoms with E-state index in [2.05, 4.69) is 16.9 Å². The molecular formula is C17H23N3O. The van der Waals surface area contributed by atoms with Crippen LogP contribution in [-0.2, 0) is 5.60 Å². The summed E-state index contributed by atoms with van der Waals surface area (Å²) in [7, 11) is 0. The molecule has 4 heteroatoms. The van der Waals surface area contributed by atoms with Crippen molar-refractivity contribution in [2.75, 3.05) is 19.6 Å². The summed E-state index contributed by atoms with van der Waals surface area (Å²) in [6, 6.07) is 12.0. The summed E-state index contributed by atoms with van der Waals surface area (Å²) in [6.45, 7) is 5.23. The Balaban J connectivity index is 1.92.